The molecule has 1 aliphatic rings. The first-order chi connectivity index (χ1) is 14.9. The molecule has 0 amide bonds. The first kappa shape index (κ1) is 21.6. The highest BCUT2D eigenvalue weighted by atomic mass is 35.5. The van der Waals surface area contributed by atoms with Crippen LogP contribution in [0.15, 0.2) is 48.7 Å². The van der Waals surface area contributed by atoms with Gasteiger partial charge in [-0.1, -0.05) is 17.7 Å². The van der Waals surface area contributed by atoms with Crippen molar-refractivity contribution in [3.63, 3.8) is 0 Å². The van der Waals surface area contributed by atoms with Crippen LogP contribution in [0.5, 0.6) is 5.75 Å². The number of aryl methyl sites for hydroxylation is 1. The van der Waals surface area contributed by atoms with Crippen LogP contribution in [-0.4, -0.2) is 33.5 Å². The molecular formula is C23H25ClN4O2S. The average Bonchev–Trinajstić information content (AvgIpc) is 3.24. The number of halogens is 1. The van der Waals surface area contributed by atoms with Crippen molar-refractivity contribution in [1.29, 1.82) is 0 Å². The van der Waals surface area contributed by atoms with Gasteiger partial charge in [-0.05, 0) is 68.0 Å². The second-order valence-corrected chi connectivity index (χ2v) is 8.42. The average molecular weight is 457 g/mol. The van der Waals surface area contributed by atoms with Crippen molar-refractivity contribution < 1.29 is 9.84 Å². The van der Waals surface area contributed by atoms with Crippen LogP contribution in [0, 0.1) is 13.8 Å². The van der Waals surface area contributed by atoms with Gasteiger partial charge in [0.05, 0.1) is 30.1 Å². The van der Waals surface area contributed by atoms with Gasteiger partial charge >= 0.3 is 0 Å². The third kappa shape index (κ3) is 4.01. The summed E-state index contributed by atoms with van der Waals surface area (Å²) in [5.41, 5.74) is 4.81. The minimum absolute atomic E-state index is 0.119. The fourth-order valence-electron chi connectivity index (χ4n) is 4.27. The number of nitrogens with one attached hydrogen (secondary N) is 1. The highest BCUT2D eigenvalue weighted by molar-refractivity contribution is 7.80. The Morgan fingerprint density at radius 3 is 2.74 bits per heavy atom. The molecule has 0 aliphatic carbocycles. The second kappa shape index (κ2) is 8.86. The van der Waals surface area contributed by atoms with Crippen LogP contribution in [0.2, 0.25) is 5.02 Å². The van der Waals surface area contributed by atoms with Crippen LogP contribution in [-0.2, 0) is 11.3 Å². The summed E-state index contributed by atoms with van der Waals surface area (Å²) in [7, 11) is 1.70. The van der Waals surface area contributed by atoms with Crippen molar-refractivity contribution in [2.24, 2.45) is 0 Å². The molecule has 2 aromatic heterocycles. The normalized spacial score (nSPS) is 18.5. The van der Waals surface area contributed by atoms with E-state index >= 15 is 0 Å². The number of aromatic hydroxyl groups is 1. The predicted molar refractivity (Wildman–Crippen MR) is 127 cm³/mol. The fourth-order valence-corrected chi connectivity index (χ4v) is 4.78. The maximum absolute atomic E-state index is 10.7. The van der Waals surface area contributed by atoms with Gasteiger partial charge in [-0.15, -0.1) is 0 Å². The van der Waals surface area contributed by atoms with Crippen LogP contribution >= 0.6 is 23.8 Å². The van der Waals surface area contributed by atoms with Crippen LogP contribution in [0.1, 0.15) is 34.7 Å². The molecule has 3 heterocycles. The van der Waals surface area contributed by atoms with Crippen molar-refractivity contribution in [3.05, 3.63) is 76.3 Å². The van der Waals surface area contributed by atoms with Gasteiger partial charge in [-0.2, -0.15) is 0 Å². The molecule has 2 unspecified atom stereocenters. The number of thiocarbonyl (C=S) groups is 1. The molecule has 0 radical (unpaired) electrons. The summed E-state index contributed by atoms with van der Waals surface area (Å²) in [6.45, 7) is 5.57. The summed E-state index contributed by atoms with van der Waals surface area (Å²) in [6, 6.07) is 12.6. The first-order valence-electron chi connectivity index (χ1n) is 10.1. The van der Waals surface area contributed by atoms with E-state index in [-0.39, 0.29) is 17.8 Å². The standard InChI is InChI=1S/C23H25ClN4O2S/c1-14-12-17(15(2)27(14)10-11-30-3)22-21(18-6-4-5-9-25-18)26-23(31)28(22)19-13-16(24)7-8-20(19)29/h4-9,12-13,21-22,29H,10-11H2,1-3H3,(H,26,31). The van der Waals surface area contributed by atoms with E-state index in [9.17, 15) is 5.11 Å². The minimum atomic E-state index is -0.214. The van der Waals surface area contributed by atoms with Gasteiger partial charge in [-0.25, -0.2) is 0 Å². The van der Waals surface area contributed by atoms with E-state index in [0.717, 1.165) is 29.2 Å². The lowest BCUT2D eigenvalue weighted by Gasteiger charge is -2.28. The van der Waals surface area contributed by atoms with Crippen LogP contribution < -0.4 is 10.2 Å². The van der Waals surface area contributed by atoms with E-state index in [2.05, 4.69) is 34.8 Å². The molecule has 2 atom stereocenters. The monoisotopic (exact) mass is 456 g/mol. The molecule has 0 spiro atoms. The third-order valence-electron chi connectivity index (χ3n) is 5.75. The van der Waals surface area contributed by atoms with Gasteiger partial charge in [0.25, 0.3) is 0 Å². The molecule has 31 heavy (non-hydrogen) atoms. The molecule has 1 fully saturated rings. The highest BCUT2D eigenvalue weighted by Gasteiger charge is 2.43. The lowest BCUT2D eigenvalue weighted by molar-refractivity contribution is 0.186. The zero-order valence-corrected chi connectivity index (χ0v) is 19.2. The number of pyridine rings is 1. The number of methoxy groups -OCH3 is 1. The topological polar surface area (TPSA) is 62.5 Å². The van der Waals surface area contributed by atoms with Gasteiger partial charge in [0.1, 0.15) is 5.75 Å². The predicted octanol–water partition coefficient (Wildman–Crippen LogP) is 4.68. The van der Waals surface area contributed by atoms with Crippen LogP contribution in [0.3, 0.4) is 0 Å². The number of hydrogen-bond donors (Lipinski definition) is 2. The van der Waals surface area contributed by atoms with E-state index in [1.54, 1.807) is 31.5 Å². The molecule has 3 aromatic rings. The number of anilines is 1. The zero-order valence-electron chi connectivity index (χ0n) is 17.7. The number of benzene rings is 1. The Labute approximate surface area is 192 Å². The van der Waals surface area contributed by atoms with Gasteiger partial charge < -0.3 is 24.6 Å². The van der Waals surface area contributed by atoms with E-state index in [1.165, 1.54) is 0 Å². The van der Waals surface area contributed by atoms with Gasteiger partial charge in [0, 0.05) is 36.3 Å². The smallest absolute Gasteiger partial charge is 0.174 e. The van der Waals surface area contributed by atoms with E-state index in [4.69, 9.17) is 28.6 Å². The maximum Gasteiger partial charge on any atom is 0.174 e. The quantitative estimate of drug-likeness (QED) is 0.525. The number of ether oxygens (including phenoxy) is 1. The van der Waals surface area contributed by atoms with Crippen LogP contribution in [0.25, 0.3) is 0 Å². The number of aromatic nitrogens is 2. The Kier molecular flexibility index (Phi) is 6.18. The molecule has 8 heteroatoms. The van der Waals surface area contributed by atoms with Crippen molar-refractivity contribution in [2.45, 2.75) is 32.5 Å². The summed E-state index contributed by atoms with van der Waals surface area (Å²) >= 11 is 12.0. The number of nitrogens with zero attached hydrogens (tertiary/aromatic N) is 3. The molecule has 162 valence electrons. The number of phenolic OH excluding ortho intramolecular Hbond substituents is 1. The summed E-state index contributed by atoms with van der Waals surface area (Å²) in [6.07, 6.45) is 1.78. The lowest BCUT2D eigenvalue weighted by Crippen LogP contribution is -2.29. The van der Waals surface area contributed by atoms with E-state index in [0.29, 0.717) is 22.4 Å². The Morgan fingerprint density at radius 1 is 1.23 bits per heavy atom. The van der Waals surface area contributed by atoms with Crippen molar-refractivity contribution in [3.8, 4) is 5.75 Å². The zero-order chi connectivity index (χ0) is 22.1. The fraction of sp³-hybridized carbons (Fsp3) is 0.304. The minimum Gasteiger partial charge on any atom is -0.506 e. The number of hydrogen-bond acceptors (Lipinski definition) is 4. The Bertz CT molecular complexity index is 1100. The van der Waals surface area contributed by atoms with E-state index in [1.807, 2.05) is 23.1 Å². The van der Waals surface area contributed by atoms with Crippen LogP contribution in [0.4, 0.5) is 5.69 Å². The summed E-state index contributed by atoms with van der Waals surface area (Å²) in [5.74, 6) is 0.119. The first-order valence-corrected chi connectivity index (χ1v) is 10.9. The molecule has 1 saturated heterocycles. The van der Waals surface area contributed by atoms with Crippen molar-refractivity contribution in [1.82, 2.24) is 14.9 Å². The third-order valence-corrected chi connectivity index (χ3v) is 6.30. The van der Waals surface area contributed by atoms with Gasteiger partial charge in [0.2, 0.25) is 0 Å². The molecule has 2 N–H and O–H groups in total. The molecule has 1 aliphatic heterocycles. The Hall–Kier alpha value is -2.61. The van der Waals surface area contributed by atoms with Gasteiger partial charge in [0.15, 0.2) is 5.11 Å². The Balaban J connectivity index is 1.88. The highest BCUT2D eigenvalue weighted by Crippen LogP contribution is 2.46. The maximum atomic E-state index is 10.7. The number of phenols is 1. The molecule has 1 aromatic carbocycles. The lowest BCUT2D eigenvalue weighted by atomic mass is 9.96. The summed E-state index contributed by atoms with van der Waals surface area (Å²) in [5, 5.41) is 15.1. The largest absolute Gasteiger partial charge is 0.506 e. The van der Waals surface area contributed by atoms with Crippen molar-refractivity contribution in [2.75, 3.05) is 18.6 Å². The second-order valence-electron chi connectivity index (χ2n) is 7.60. The summed E-state index contributed by atoms with van der Waals surface area (Å²) < 4.78 is 7.54. The summed E-state index contributed by atoms with van der Waals surface area (Å²) in [4.78, 5) is 6.53. The Morgan fingerprint density at radius 2 is 2.03 bits per heavy atom. The molecule has 6 nitrogen and oxygen atoms in total. The molecule has 4 rings (SSSR count). The van der Waals surface area contributed by atoms with Gasteiger partial charge in [-0.3, -0.25) is 4.98 Å². The number of rotatable bonds is 6. The SMILES string of the molecule is COCCn1c(C)cc(C2C(c3ccccn3)NC(=S)N2c2cc(Cl)ccc2O)c1C. The molecule has 0 saturated carbocycles. The molecular weight excluding hydrogens is 432 g/mol. The van der Waals surface area contributed by atoms with E-state index < -0.39 is 0 Å². The molecule has 0 bridgehead atoms. The van der Waals surface area contributed by atoms with Crippen molar-refractivity contribution >= 4 is 34.6 Å².